The molecule has 1 aliphatic carbocycles. The molecule has 1 amide bonds. The molecule has 0 aromatic carbocycles. The van der Waals surface area contributed by atoms with Gasteiger partial charge < -0.3 is 9.84 Å². The number of fused-ring (bicyclic) bond motifs is 1. The van der Waals surface area contributed by atoms with E-state index in [1.165, 1.54) is 4.90 Å². The fourth-order valence-electron chi connectivity index (χ4n) is 3.09. The van der Waals surface area contributed by atoms with E-state index in [0.717, 1.165) is 19.3 Å². The van der Waals surface area contributed by atoms with Crippen molar-refractivity contribution in [3.63, 3.8) is 0 Å². The fourth-order valence-corrected chi connectivity index (χ4v) is 3.09. The smallest absolute Gasteiger partial charge is 0.411 e. The zero-order chi connectivity index (χ0) is 13.5. The summed E-state index contributed by atoms with van der Waals surface area (Å²) in [7, 11) is 0. The molecule has 1 N–H and O–H groups in total. The fraction of sp³-hybridized carbons (Fsp3) is 0.846. The summed E-state index contributed by atoms with van der Waals surface area (Å²) in [6.45, 7) is 5.38. The summed E-state index contributed by atoms with van der Waals surface area (Å²) in [5.41, 5.74) is -0.586. The van der Waals surface area contributed by atoms with E-state index in [1.807, 2.05) is 0 Å². The molecule has 1 unspecified atom stereocenters. The van der Waals surface area contributed by atoms with Crippen LogP contribution in [0.2, 0.25) is 0 Å². The predicted octanol–water partition coefficient (Wildman–Crippen LogP) is 2.25. The lowest BCUT2D eigenvalue weighted by molar-refractivity contribution is -0.142. The number of aliphatic carboxylic acids is 1. The maximum atomic E-state index is 12.2. The minimum atomic E-state index is -0.921. The highest BCUT2D eigenvalue weighted by Crippen LogP contribution is 2.41. The molecule has 2 rings (SSSR count). The van der Waals surface area contributed by atoms with Gasteiger partial charge in [-0.2, -0.15) is 0 Å². The van der Waals surface area contributed by atoms with Crippen molar-refractivity contribution in [2.45, 2.75) is 64.1 Å². The number of likely N-dealkylation sites (tertiary alicyclic amines) is 1. The summed E-state index contributed by atoms with van der Waals surface area (Å²) in [6, 6.07) is -0.656. The van der Waals surface area contributed by atoms with Crippen LogP contribution in [0.5, 0.6) is 0 Å². The van der Waals surface area contributed by atoms with Gasteiger partial charge in [-0.05, 0) is 46.0 Å². The van der Waals surface area contributed by atoms with Gasteiger partial charge in [0, 0.05) is 6.04 Å². The average molecular weight is 255 g/mol. The lowest BCUT2D eigenvalue weighted by Gasteiger charge is -2.30. The molecule has 1 aliphatic heterocycles. The van der Waals surface area contributed by atoms with Crippen molar-refractivity contribution in [1.29, 1.82) is 0 Å². The van der Waals surface area contributed by atoms with Crippen LogP contribution in [0.1, 0.15) is 46.5 Å². The Bertz CT molecular complexity index is 360. The number of carbonyl (C=O) groups is 2. The Balaban J connectivity index is 2.16. The maximum Gasteiger partial charge on any atom is 0.411 e. The number of amides is 1. The molecule has 1 heterocycles. The molecule has 0 bridgehead atoms. The van der Waals surface area contributed by atoms with Crippen molar-refractivity contribution in [3.8, 4) is 0 Å². The predicted molar refractivity (Wildman–Crippen MR) is 65.2 cm³/mol. The van der Waals surface area contributed by atoms with E-state index in [4.69, 9.17) is 4.74 Å². The van der Waals surface area contributed by atoms with Gasteiger partial charge in [-0.25, -0.2) is 9.59 Å². The van der Waals surface area contributed by atoms with Crippen molar-refractivity contribution in [2.24, 2.45) is 5.92 Å². The third-order valence-corrected chi connectivity index (χ3v) is 3.73. The van der Waals surface area contributed by atoms with Gasteiger partial charge in [-0.1, -0.05) is 6.42 Å². The van der Waals surface area contributed by atoms with Crippen molar-refractivity contribution < 1.29 is 19.4 Å². The van der Waals surface area contributed by atoms with Crippen LogP contribution in [0.3, 0.4) is 0 Å². The first kappa shape index (κ1) is 13.2. The normalized spacial score (nSPS) is 31.3. The van der Waals surface area contributed by atoms with Crippen LogP contribution in [0.25, 0.3) is 0 Å². The summed E-state index contributed by atoms with van der Waals surface area (Å²) in [4.78, 5) is 24.9. The van der Waals surface area contributed by atoms with Crippen LogP contribution < -0.4 is 0 Å². The first-order valence-corrected chi connectivity index (χ1v) is 6.54. The van der Waals surface area contributed by atoms with E-state index in [-0.39, 0.29) is 6.04 Å². The maximum absolute atomic E-state index is 12.2. The number of carbonyl (C=O) groups excluding carboxylic acids is 1. The quantitative estimate of drug-likeness (QED) is 0.780. The van der Waals surface area contributed by atoms with E-state index in [1.54, 1.807) is 20.8 Å². The highest BCUT2D eigenvalue weighted by molar-refractivity contribution is 5.81. The Hall–Kier alpha value is -1.26. The van der Waals surface area contributed by atoms with E-state index in [2.05, 4.69) is 0 Å². The first-order chi connectivity index (χ1) is 8.29. The largest absolute Gasteiger partial charge is 0.480 e. The van der Waals surface area contributed by atoms with Gasteiger partial charge in [0.15, 0.2) is 0 Å². The van der Waals surface area contributed by atoms with Gasteiger partial charge >= 0.3 is 12.1 Å². The number of rotatable bonds is 1. The molecule has 0 aromatic heterocycles. The molecule has 0 spiro atoms. The van der Waals surface area contributed by atoms with Gasteiger partial charge in [0.1, 0.15) is 11.6 Å². The van der Waals surface area contributed by atoms with Crippen LogP contribution in [0, 0.1) is 5.92 Å². The standard InChI is InChI=1S/C13H21NO4/c1-13(2,3)18-12(17)14-9-6-4-5-8(9)7-10(14)11(15)16/h8-10H,4-7H2,1-3H3,(H,15,16)/t8-,9?,10-/m0/s1. The van der Waals surface area contributed by atoms with E-state index in [9.17, 15) is 14.7 Å². The van der Waals surface area contributed by atoms with Crippen LogP contribution in [-0.4, -0.2) is 39.8 Å². The Kier molecular flexibility index (Phi) is 3.25. The molecule has 1 saturated heterocycles. The minimum Gasteiger partial charge on any atom is -0.480 e. The Morgan fingerprint density at radius 1 is 1.28 bits per heavy atom. The van der Waals surface area contributed by atoms with Gasteiger partial charge in [0.25, 0.3) is 0 Å². The lowest BCUT2D eigenvalue weighted by Crippen LogP contribution is -2.47. The van der Waals surface area contributed by atoms with E-state index in [0.29, 0.717) is 12.3 Å². The molecule has 3 atom stereocenters. The van der Waals surface area contributed by atoms with Gasteiger partial charge in [0.2, 0.25) is 0 Å². The monoisotopic (exact) mass is 255 g/mol. The molecular weight excluding hydrogens is 234 g/mol. The number of ether oxygens (including phenoxy) is 1. The second-order valence-corrected chi connectivity index (χ2v) is 6.24. The number of hydrogen-bond donors (Lipinski definition) is 1. The zero-order valence-electron chi connectivity index (χ0n) is 11.2. The van der Waals surface area contributed by atoms with Crippen molar-refractivity contribution in [3.05, 3.63) is 0 Å². The van der Waals surface area contributed by atoms with Crippen molar-refractivity contribution in [2.75, 3.05) is 0 Å². The molecular formula is C13H21NO4. The second-order valence-electron chi connectivity index (χ2n) is 6.24. The van der Waals surface area contributed by atoms with E-state index >= 15 is 0 Å². The van der Waals surface area contributed by atoms with Crippen molar-refractivity contribution in [1.82, 2.24) is 4.90 Å². The van der Waals surface area contributed by atoms with Crippen molar-refractivity contribution >= 4 is 12.1 Å². The summed E-state index contributed by atoms with van der Waals surface area (Å²) in [6.07, 6.45) is 3.08. The summed E-state index contributed by atoms with van der Waals surface area (Å²) < 4.78 is 5.33. The Morgan fingerprint density at radius 2 is 1.94 bits per heavy atom. The lowest BCUT2D eigenvalue weighted by atomic mass is 10.0. The van der Waals surface area contributed by atoms with Crippen LogP contribution in [-0.2, 0) is 9.53 Å². The third-order valence-electron chi connectivity index (χ3n) is 3.73. The number of hydrogen-bond acceptors (Lipinski definition) is 3. The molecule has 1 saturated carbocycles. The van der Waals surface area contributed by atoms with Crippen LogP contribution >= 0.6 is 0 Å². The topological polar surface area (TPSA) is 66.8 Å². The van der Waals surface area contributed by atoms with Gasteiger partial charge in [-0.15, -0.1) is 0 Å². The number of nitrogens with zero attached hydrogens (tertiary/aromatic N) is 1. The summed E-state index contributed by atoms with van der Waals surface area (Å²) in [5, 5.41) is 9.24. The SMILES string of the molecule is CC(C)(C)OC(=O)N1C2CCC[C@H]2C[C@H]1C(=O)O. The van der Waals surface area contributed by atoms with Crippen LogP contribution in [0.4, 0.5) is 4.79 Å². The molecule has 5 nitrogen and oxygen atoms in total. The zero-order valence-corrected chi connectivity index (χ0v) is 11.2. The highest BCUT2D eigenvalue weighted by Gasteiger charge is 2.50. The van der Waals surface area contributed by atoms with Gasteiger partial charge in [0.05, 0.1) is 0 Å². The van der Waals surface area contributed by atoms with Gasteiger partial charge in [-0.3, -0.25) is 4.90 Å². The number of carboxylic acids is 1. The third kappa shape index (κ3) is 2.44. The Morgan fingerprint density at radius 3 is 2.50 bits per heavy atom. The Labute approximate surface area is 107 Å². The molecule has 2 aliphatic rings. The minimum absolute atomic E-state index is 0.0564. The summed E-state index contributed by atoms with van der Waals surface area (Å²) >= 11 is 0. The molecule has 102 valence electrons. The molecule has 5 heteroatoms. The van der Waals surface area contributed by atoms with Crippen LogP contribution in [0.15, 0.2) is 0 Å². The molecule has 0 radical (unpaired) electrons. The molecule has 18 heavy (non-hydrogen) atoms. The highest BCUT2D eigenvalue weighted by atomic mass is 16.6. The molecule has 2 fully saturated rings. The second kappa shape index (κ2) is 4.44. The van der Waals surface area contributed by atoms with E-state index < -0.39 is 23.7 Å². The molecule has 0 aromatic rings. The summed E-state index contributed by atoms with van der Waals surface area (Å²) in [5.74, 6) is -0.589. The first-order valence-electron chi connectivity index (χ1n) is 6.54. The number of carboxylic acid groups (broad SMARTS) is 1. The average Bonchev–Trinajstić information content (AvgIpc) is 2.70.